The first kappa shape index (κ1) is 25.8. The van der Waals surface area contributed by atoms with E-state index in [1.165, 1.54) is 26.0 Å². The lowest BCUT2D eigenvalue weighted by atomic mass is 9.78. The second-order valence-corrected chi connectivity index (χ2v) is 9.95. The molecule has 0 saturated carbocycles. The van der Waals surface area contributed by atoms with Gasteiger partial charge in [-0.1, -0.05) is 33.6 Å². The van der Waals surface area contributed by atoms with Crippen LogP contribution < -0.4 is 20.2 Å². The van der Waals surface area contributed by atoms with Crippen LogP contribution in [0.2, 0.25) is 0 Å². The first-order chi connectivity index (χ1) is 16.2. The summed E-state index contributed by atoms with van der Waals surface area (Å²) in [6, 6.07) is 5.58. The Morgan fingerprint density at radius 2 is 1.82 bits per heavy atom. The summed E-state index contributed by atoms with van der Waals surface area (Å²) in [4.78, 5) is 25.0. The predicted molar refractivity (Wildman–Crippen MR) is 134 cm³/mol. The summed E-state index contributed by atoms with van der Waals surface area (Å²) in [5, 5.41) is 3.17. The molecule has 0 aliphatic carbocycles. The molecular weight excluding hydrogens is 432 g/mol. The maximum atomic E-state index is 12.8. The molecule has 34 heavy (non-hydrogen) atoms. The molecule has 1 N–H and O–H groups in total. The van der Waals surface area contributed by atoms with Crippen molar-refractivity contribution in [3.05, 3.63) is 45.7 Å². The van der Waals surface area contributed by atoms with Gasteiger partial charge in [-0.25, -0.2) is 4.79 Å². The summed E-state index contributed by atoms with van der Waals surface area (Å²) < 4.78 is 18.6. The Balaban J connectivity index is 1.95. The third-order valence-electron chi connectivity index (χ3n) is 6.48. The maximum Gasteiger partial charge on any atom is 0.343 e. The summed E-state index contributed by atoms with van der Waals surface area (Å²) in [5.74, 6) is 0.747. The van der Waals surface area contributed by atoms with Crippen molar-refractivity contribution in [3.63, 3.8) is 0 Å². The van der Waals surface area contributed by atoms with Crippen molar-refractivity contribution < 1.29 is 19.0 Å². The third-order valence-corrected chi connectivity index (χ3v) is 6.48. The van der Waals surface area contributed by atoms with Gasteiger partial charge in [0.15, 0.2) is 16.9 Å². The molecule has 0 spiro atoms. The minimum absolute atomic E-state index is 0.0468. The molecule has 0 bridgehead atoms. The third kappa shape index (κ3) is 5.63. The monoisotopic (exact) mass is 470 g/mol. The second kappa shape index (κ2) is 11.1. The highest BCUT2D eigenvalue weighted by Gasteiger charge is 2.34. The van der Waals surface area contributed by atoms with E-state index in [1.54, 1.807) is 13.3 Å². The highest BCUT2D eigenvalue weighted by molar-refractivity contribution is 5.89. The van der Waals surface area contributed by atoms with Gasteiger partial charge in [0.1, 0.15) is 5.56 Å². The molecule has 0 amide bonds. The van der Waals surface area contributed by atoms with E-state index in [2.05, 4.69) is 32.2 Å². The SMILES string of the molecule is CNCCCCCCOc1cc2c(cc1OC)-c1cc(=O)c(C(=O)OC)cn1C(C(C)(C)C)C2. The van der Waals surface area contributed by atoms with Gasteiger partial charge in [0.05, 0.1) is 26.5 Å². The minimum Gasteiger partial charge on any atom is -0.493 e. The van der Waals surface area contributed by atoms with Crippen LogP contribution in [0.1, 0.15) is 68.4 Å². The van der Waals surface area contributed by atoms with Gasteiger partial charge in [-0.15, -0.1) is 0 Å². The molecule has 7 heteroatoms. The maximum absolute atomic E-state index is 12.8. The summed E-state index contributed by atoms with van der Waals surface area (Å²) in [7, 11) is 4.89. The van der Waals surface area contributed by atoms with E-state index in [0.717, 1.165) is 48.4 Å². The van der Waals surface area contributed by atoms with Crippen LogP contribution in [0.5, 0.6) is 11.5 Å². The van der Waals surface area contributed by atoms with E-state index in [-0.39, 0.29) is 22.4 Å². The summed E-state index contributed by atoms with van der Waals surface area (Å²) in [6.07, 6.45) is 6.86. The molecule has 1 atom stereocenters. The van der Waals surface area contributed by atoms with Gasteiger partial charge in [-0.05, 0) is 56.0 Å². The lowest BCUT2D eigenvalue weighted by Gasteiger charge is -2.39. The number of benzene rings is 1. The number of ether oxygens (including phenoxy) is 3. The Morgan fingerprint density at radius 1 is 1.09 bits per heavy atom. The predicted octanol–water partition coefficient (Wildman–Crippen LogP) is 4.61. The zero-order valence-corrected chi connectivity index (χ0v) is 21.3. The van der Waals surface area contributed by atoms with Gasteiger partial charge in [0.25, 0.3) is 0 Å². The van der Waals surface area contributed by atoms with Crippen LogP contribution in [0.4, 0.5) is 0 Å². The molecular formula is C27H38N2O5. The van der Waals surface area contributed by atoms with Crippen LogP contribution in [0.15, 0.2) is 29.2 Å². The van der Waals surface area contributed by atoms with Crippen molar-refractivity contribution in [1.29, 1.82) is 0 Å². The molecule has 0 saturated heterocycles. The van der Waals surface area contributed by atoms with Crippen LogP contribution in [0.3, 0.4) is 0 Å². The number of carbonyl (C=O) groups excluding carboxylic acids is 1. The zero-order valence-electron chi connectivity index (χ0n) is 21.3. The number of nitrogens with one attached hydrogen (secondary N) is 1. The quantitative estimate of drug-likeness (QED) is 0.403. The van der Waals surface area contributed by atoms with E-state index in [4.69, 9.17) is 14.2 Å². The summed E-state index contributed by atoms with van der Waals surface area (Å²) in [6.45, 7) is 8.17. The normalized spacial score (nSPS) is 14.8. The van der Waals surface area contributed by atoms with Crippen LogP contribution in [-0.2, 0) is 11.2 Å². The molecule has 186 valence electrons. The molecule has 1 aliphatic rings. The first-order valence-corrected chi connectivity index (χ1v) is 12.0. The highest BCUT2D eigenvalue weighted by atomic mass is 16.5. The van der Waals surface area contributed by atoms with Gasteiger partial charge >= 0.3 is 5.97 Å². The zero-order chi connectivity index (χ0) is 24.9. The number of carbonyl (C=O) groups is 1. The first-order valence-electron chi connectivity index (χ1n) is 12.0. The number of esters is 1. The van der Waals surface area contributed by atoms with Crippen molar-refractivity contribution >= 4 is 5.97 Å². The fraction of sp³-hybridized carbons (Fsp3) is 0.556. The van der Waals surface area contributed by atoms with E-state index in [9.17, 15) is 9.59 Å². The lowest BCUT2D eigenvalue weighted by Crippen LogP contribution is -2.33. The van der Waals surface area contributed by atoms with Gasteiger partial charge in [0.2, 0.25) is 0 Å². The van der Waals surface area contributed by atoms with Crippen molar-refractivity contribution in [2.45, 2.75) is 58.9 Å². The lowest BCUT2D eigenvalue weighted by molar-refractivity contribution is 0.0597. The molecule has 1 unspecified atom stereocenters. The Morgan fingerprint density at radius 3 is 2.47 bits per heavy atom. The van der Waals surface area contributed by atoms with Crippen molar-refractivity contribution in [1.82, 2.24) is 9.88 Å². The number of nitrogens with zero attached hydrogens (tertiary/aromatic N) is 1. The van der Waals surface area contributed by atoms with Crippen LogP contribution in [0, 0.1) is 5.41 Å². The number of methoxy groups -OCH3 is 2. The van der Waals surface area contributed by atoms with Crippen molar-refractivity contribution in [2.75, 3.05) is 34.4 Å². The molecule has 2 heterocycles. The molecule has 3 rings (SSSR count). The van der Waals surface area contributed by atoms with E-state index >= 15 is 0 Å². The molecule has 1 aromatic carbocycles. The number of rotatable bonds is 10. The molecule has 0 radical (unpaired) electrons. The number of aromatic nitrogens is 1. The topological polar surface area (TPSA) is 78.8 Å². The molecule has 1 aromatic heterocycles. The summed E-state index contributed by atoms with van der Waals surface area (Å²) in [5.41, 5.74) is 2.39. The fourth-order valence-electron chi connectivity index (χ4n) is 4.54. The van der Waals surface area contributed by atoms with Gasteiger partial charge < -0.3 is 24.1 Å². The van der Waals surface area contributed by atoms with Crippen LogP contribution in [0.25, 0.3) is 11.3 Å². The Labute approximate surface area is 202 Å². The Kier molecular flexibility index (Phi) is 8.42. The molecule has 0 fully saturated rings. The number of hydrogen-bond acceptors (Lipinski definition) is 6. The van der Waals surface area contributed by atoms with E-state index < -0.39 is 5.97 Å². The number of fused-ring (bicyclic) bond motifs is 3. The fourth-order valence-corrected chi connectivity index (χ4v) is 4.54. The van der Waals surface area contributed by atoms with Gasteiger partial charge in [-0.3, -0.25) is 4.79 Å². The molecule has 2 aromatic rings. The number of pyridine rings is 1. The van der Waals surface area contributed by atoms with Gasteiger partial charge in [0, 0.05) is 23.9 Å². The Hall–Kier alpha value is -2.80. The Bertz CT molecular complexity index is 1070. The van der Waals surface area contributed by atoms with Crippen LogP contribution >= 0.6 is 0 Å². The van der Waals surface area contributed by atoms with E-state index in [0.29, 0.717) is 12.4 Å². The van der Waals surface area contributed by atoms with Crippen molar-refractivity contribution in [3.8, 4) is 22.8 Å². The minimum atomic E-state index is -0.619. The largest absolute Gasteiger partial charge is 0.493 e. The smallest absolute Gasteiger partial charge is 0.343 e. The average molecular weight is 471 g/mol. The number of hydrogen-bond donors (Lipinski definition) is 1. The molecule has 7 nitrogen and oxygen atoms in total. The number of unbranched alkanes of at least 4 members (excludes halogenated alkanes) is 3. The summed E-state index contributed by atoms with van der Waals surface area (Å²) >= 11 is 0. The molecule has 1 aliphatic heterocycles. The highest BCUT2D eigenvalue weighted by Crippen LogP contribution is 2.45. The van der Waals surface area contributed by atoms with Crippen molar-refractivity contribution in [2.24, 2.45) is 5.41 Å². The average Bonchev–Trinajstić information content (AvgIpc) is 2.80. The standard InChI is InChI=1S/C27H38N2O5/c1-27(2,3)25-14-18-13-24(34-12-10-8-7-9-11-28-4)23(32-5)15-19(18)21-16-22(30)20(17-29(21)25)26(31)33-6/h13,15-17,25,28H,7-12,14H2,1-6H3. The van der Waals surface area contributed by atoms with Crippen LogP contribution in [-0.4, -0.2) is 45.0 Å². The second-order valence-electron chi connectivity index (χ2n) is 9.95. The van der Waals surface area contributed by atoms with E-state index in [1.807, 2.05) is 17.7 Å². The van der Waals surface area contributed by atoms with Gasteiger partial charge in [-0.2, -0.15) is 0 Å².